The van der Waals surface area contributed by atoms with Gasteiger partial charge in [-0.05, 0) is 37.3 Å². The molecule has 4 rings (SSSR count). The third kappa shape index (κ3) is 6.55. The van der Waals surface area contributed by atoms with Crippen molar-refractivity contribution in [3.05, 3.63) is 80.2 Å². The minimum Gasteiger partial charge on any atom is -0.473 e. The lowest BCUT2D eigenvalue weighted by atomic mass is 10.0. The Morgan fingerprint density at radius 2 is 1.56 bits per heavy atom. The summed E-state index contributed by atoms with van der Waals surface area (Å²) in [5, 5.41) is 25.0. The third-order valence-electron chi connectivity index (χ3n) is 5.36. The van der Waals surface area contributed by atoms with Crippen LogP contribution in [0.3, 0.4) is 0 Å². The van der Waals surface area contributed by atoms with Gasteiger partial charge in [-0.1, -0.05) is 72.7 Å². The number of rotatable bonds is 11. The van der Waals surface area contributed by atoms with E-state index in [1.54, 1.807) is 22.7 Å². The smallest absolute Gasteiger partial charge is 0.208 e. The zero-order valence-electron chi connectivity index (χ0n) is 19.8. The molecule has 0 aliphatic carbocycles. The van der Waals surface area contributed by atoms with Gasteiger partial charge in [0.2, 0.25) is 5.13 Å². The summed E-state index contributed by atoms with van der Waals surface area (Å²) in [5.41, 5.74) is 3.74. The molecule has 0 radical (unpaired) electrons. The van der Waals surface area contributed by atoms with Crippen LogP contribution in [0.2, 0.25) is 0 Å². The molecule has 0 aliphatic rings. The molecule has 6 nitrogen and oxygen atoms in total. The average molecular weight is 512 g/mol. The van der Waals surface area contributed by atoms with E-state index in [2.05, 4.69) is 77.7 Å². The van der Waals surface area contributed by atoms with Crippen LogP contribution in [-0.2, 0) is 6.42 Å². The molecule has 1 N–H and O–H groups in total. The molecule has 0 bridgehead atoms. The van der Waals surface area contributed by atoms with Crippen molar-refractivity contribution in [2.45, 2.75) is 45.3 Å². The molecular weight excluding hydrogens is 483 g/mol. The van der Waals surface area contributed by atoms with E-state index in [4.69, 9.17) is 4.74 Å². The van der Waals surface area contributed by atoms with E-state index < -0.39 is 0 Å². The minimum atomic E-state index is 0.201. The van der Waals surface area contributed by atoms with Gasteiger partial charge in [-0.3, -0.25) is 0 Å². The molecule has 0 spiro atoms. The van der Waals surface area contributed by atoms with E-state index in [0.717, 1.165) is 38.1 Å². The Labute approximate surface area is 213 Å². The van der Waals surface area contributed by atoms with Gasteiger partial charge >= 0.3 is 0 Å². The van der Waals surface area contributed by atoms with E-state index in [-0.39, 0.29) is 11.2 Å². The van der Waals surface area contributed by atoms with Crippen molar-refractivity contribution in [3.63, 3.8) is 0 Å². The maximum atomic E-state index is 5.75. The highest BCUT2D eigenvalue weighted by Crippen LogP contribution is 2.37. The Morgan fingerprint density at radius 1 is 0.882 bits per heavy atom. The fraction of sp³-hybridized carbons (Fsp3) is 0.360. The molecule has 2 aromatic carbocycles. The molecular formula is C25H29N5OS3. The lowest BCUT2D eigenvalue weighted by molar-refractivity contribution is 0.346. The van der Waals surface area contributed by atoms with Crippen LogP contribution in [0.15, 0.2) is 48.5 Å². The molecule has 2 unspecified atom stereocenters. The fourth-order valence-corrected chi connectivity index (χ4v) is 6.35. The largest absolute Gasteiger partial charge is 0.473 e. The molecule has 9 heteroatoms. The van der Waals surface area contributed by atoms with Crippen molar-refractivity contribution < 1.29 is 4.74 Å². The summed E-state index contributed by atoms with van der Waals surface area (Å²) in [7, 11) is 0. The van der Waals surface area contributed by atoms with Gasteiger partial charge in [0.05, 0.1) is 5.25 Å². The first-order valence-corrected chi connectivity index (χ1v) is 14.0. The lowest BCUT2D eigenvalue weighted by Crippen LogP contribution is -2.08. The van der Waals surface area contributed by atoms with Gasteiger partial charge in [0.1, 0.15) is 20.8 Å². The Hall–Kier alpha value is -2.49. The number of hydrogen-bond acceptors (Lipinski definition) is 9. The van der Waals surface area contributed by atoms with Crippen molar-refractivity contribution in [3.8, 4) is 5.75 Å². The predicted molar refractivity (Wildman–Crippen MR) is 143 cm³/mol. The Balaban J connectivity index is 1.36. The van der Waals surface area contributed by atoms with Crippen LogP contribution in [0.4, 0.5) is 5.13 Å². The number of ether oxygens (including phenoxy) is 1. The first-order chi connectivity index (χ1) is 16.5. The molecule has 2 aromatic heterocycles. The van der Waals surface area contributed by atoms with Crippen molar-refractivity contribution >= 4 is 39.6 Å². The second-order valence-electron chi connectivity index (χ2n) is 8.04. The van der Waals surface area contributed by atoms with E-state index in [1.807, 2.05) is 36.0 Å². The number of aromatic nitrogens is 4. The second-order valence-corrected chi connectivity index (χ2v) is 11.6. The van der Waals surface area contributed by atoms with Gasteiger partial charge < -0.3 is 10.1 Å². The zero-order valence-corrected chi connectivity index (χ0v) is 22.3. The summed E-state index contributed by atoms with van der Waals surface area (Å²) in [6, 6.07) is 16.6. The molecule has 34 heavy (non-hydrogen) atoms. The molecule has 0 amide bonds. The van der Waals surface area contributed by atoms with Crippen LogP contribution < -0.4 is 10.1 Å². The maximum Gasteiger partial charge on any atom is 0.208 e. The highest BCUT2D eigenvalue weighted by atomic mass is 32.2. The van der Waals surface area contributed by atoms with Crippen molar-refractivity contribution in [1.82, 2.24) is 20.4 Å². The van der Waals surface area contributed by atoms with Crippen LogP contribution in [0.25, 0.3) is 0 Å². The standard InChI is InChI=1S/C25H29N5OS3/c1-5-32-21(14-22-27-28-23(33-22)18(4)19-10-6-16(2)7-11-19)24-29-30-25(34-24)26-15-31-20-12-8-17(3)9-13-20/h6-13,18,21H,5,14-15H2,1-4H3,(H,26,30). The van der Waals surface area contributed by atoms with Crippen LogP contribution in [-0.4, -0.2) is 32.9 Å². The minimum absolute atomic E-state index is 0.201. The molecule has 4 aromatic rings. The highest BCUT2D eigenvalue weighted by molar-refractivity contribution is 7.99. The lowest BCUT2D eigenvalue weighted by Gasteiger charge is -2.10. The van der Waals surface area contributed by atoms with Gasteiger partial charge in [-0.2, -0.15) is 11.8 Å². The zero-order chi connectivity index (χ0) is 23.9. The van der Waals surface area contributed by atoms with Crippen LogP contribution in [0.1, 0.15) is 56.7 Å². The van der Waals surface area contributed by atoms with Crippen LogP contribution in [0.5, 0.6) is 5.75 Å². The molecule has 0 fully saturated rings. The predicted octanol–water partition coefficient (Wildman–Crippen LogP) is 6.64. The Bertz CT molecular complexity index is 1170. The Morgan fingerprint density at radius 3 is 2.26 bits per heavy atom. The summed E-state index contributed by atoms with van der Waals surface area (Å²) >= 11 is 5.13. The van der Waals surface area contributed by atoms with E-state index in [1.165, 1.54) is 16.7 Å². The SMILES string of the molecule is CCSC(Cc1nnc(C(C)c2ccc(C)cc2)s1)c1nnc(NCOc2ccc(C)cc2)s1. The first kappa shape index (κ1) is 24.6. The number of anilines is 1. The summed E-state index contributed by atoms with van der Waals surface area (Å²) < 4.78 is 5.75. The maximum absolute atomic E-state index is 5.75. The second kappa shape index (κ2) is 11.8. The van der Waals surface area contributed by atoms with Crippen molar-refractivity contribution in [1.29, 1.82) is 0 Å². The van der Waals surface area contributed by atoms with Crippen LogP contribution >= 0.6 is 34.4 Å². The van der Waals surface area contributed by atoms with Gasteiger partial charge in [-0.25, -0.2) is 0 Å². The van der Waals surface area contributed by atoms with Crippen molar-refractivity contribution in [2.24, 2.45) is 0 Å². The van der Waals surface area contributed by atoms with E-state index in [0.29, 0.717) is 6.73 Å². The molecule has 2 heterocycles. The number of nitrogens with one attached hydrogen (secondary N) is 1. The number of aryl methyl sites for hydroxylation is 2. The normalized spacial score (nSPS) is 12.9. The molecule has 0 aliphatic heterocycles. The topological polar surface area (TPSA) is 72.8 Å². The number of benzene rings is 2. The van der Waals surface area contributed by atoms with Gasteiger partial charge in [0.25, 0.3) is 0 Å². The molecule has 178 valence electrons. The van der Waals surface area contributed by atoms with E-state index in [9.17, 15) is 0 Å². The van der Waals surface area contributed by atoms with Crippen LogP contribution in [0, 0.1) is 13.8 Å². The molecule has 0 saturated carbocycles. The number of thioether (sulfide) groups is 1. The fourth-order valence-electron chi connectivity index (χ4n) is 3.35. The van der Waals surface area contributed by atoms with Gasteiger partial charge in [-0.15, -0.1) is 31.7 Å². The van der Waals surface area contributed by atoms with Gasteiger partial charge in [0, 0.05) is 12.3 Å². The van der Waals surface area contributed by atoms with Gasteiger partial charge in [0.15, 0.2) is 6.73 Å². The van der Waals surface area contributed by atoms with Crippen molar-refractivity contribution in [2.75, 3.05) is 17.8 Å². The summed E-state index contributed by atoms with van der Waals surface area (Å²) in [6.07, 6.45) is 0.797. The highest BCUT2D eigenvalue weighted by Gasteiger charge is 2.21. The third-order valence-corrected chi connectivity index (χ3v) is 8.76. The number of hydrogen-bond donors (Lipinski definition) is 1. The Kier molecular flexibility index (Phi) is 8.53. The quantitative estimate of drug-likeness (QED) is 0.226. The summed E-state index contributed by atoms with van der Waals surface area (Å²) in [6.45, 7) is 8.87. The van der Waals surface area contributed by atoms with E-state index >= 15 is 0 Å². The molecule has 2 atom stereocenters. The summed E-state index contributed by atoms with van der Waals surface area (Å²) in [4.78, 5) is 0. The number of nitrogens with zero attached hydrogens (tertiary/aromatic N) is 4. The monoisotopic (exact) mass is 511 g/mol. The molecule has 0 saturated heterocycles. The summed E-state index contributed by atoms with van der Waals surface area (Å²) in [5.74, 6) is 2.05. The first-order valence-electron chi connectivity index (χ1n) is 11.3. The average Bonchev–Trinajstić information content (AvgIpc) is 3.50.